The maximum atomic E-state index is 11.1. The predicted octanol–water partition coefficient (Wildman–Crippen LogP) is 0.903. The second-order valence-corrected chi connectivity index (χ2v) is 5.02. The molecular weight excluding hydrogens is 226 g/mol. The third-order valence-electron chi connectivity index (χ3n) is 2.09. The lowest BCUT2D eigenvalue weighted by atomic mass is 10.2. The molecule has 1 aromatic rings. The van der Waals surface area contributed by atoms with Gasteiger partial charge >= 0.3 is 0 Å². The highest BCUT2D eigenvalue weighted by molar-refractivity contribution is 7.89. The van der Waals surface area contributed by atoms with Crippen LogP contribution in [0, 0.1) is 0 Å². The molecule has 0 saturated carbocycles. The topological polar surface area (TPSA) is 98.2 Å². The van der Waals surface area contributed by atoms with Crippen molar-refractivity contribution in [2.45, 2.75) is 17.9 Å². The van der Waals surface area contributed by atoms with E-state index < -0.39 is 10.0 Å². The van der Waals surface area contributed by atoms with E-state index >= 15 is 0 Å². The van der Waals surface area contributed by atoms with Gasteiger partial charge in [-0.3, -0.25) is 0 Å². The molecule has 0 saturated heterocycles. The fraction of sp³-hybridized carbons (Fsp3) is 0.200. The monoisotopic (exact) mass is 241 g/mol. The van der Waals surface area contributed by atoms with Gasteiger partial charge in [0, 0.05) is 6.04 Å². The minimum atomic E-state index is -3.71. The fourth-order valence-electron chi connectivity index (χ4n) is 1.14. The van der Waals surface area contributed by atoms with Gasteiger partial charge in [0.15, 0.2) is 0 Å². The van der Waals surface area contributed by atoms with Crippen LogP contribution in [0.2, 0.25) is 0 Å². The lowest BCUT2D eigenvalue weighted by Crippen LogP contribution is -2.15. The summed E-state index contributed by atoms with van der Waals surface area (Å²) in [6, 6.07) is 4.26. The second kappa shape index (κ2) is 4.54. The van der Waals surface area contributed by atoms with Gasteiger partial charge in [-0.2, -0.15) is 0 Å². The smallest absolute Gasteiger partial charge is 0.238 e. The van der Waals surface area contributed by atoms with Crippen LogP contribution in [0.5, 0.6) is 0 Å². The Morgan fingerprint density at radius 3 is 2.62 bits per heavy atom. The van der Waals surface area contributed by atoms with Crippen LogP contribution in [0.3, 0.4) is 0 Å². The van der Waals surface area contributed by atoms with Gasteiger partial charge in [-0.15, -0.1) is 6.58 Å². The van der Waals surface area contributed by atoms with Crippen molar-refractivity contribution in [2.24, 2.45) is 5.14 Å². The Labute approximate surface area is 95.2 Å². The SMILES string of the molecule is C=CC(C)Nc1cc(S(N)(=O)=O)ccc1N. The molecule has 1 rings (SSSR count). The van der Waals surface area contributed by atoms with Gasteiger partial charge in [0.2, 0.25) is 10.0 Å². The van der Waals surface area contributed by atoms with Crippen molar-refractivity contribution in [3.63, 3.8) is 0 Å². The van der Waals surface area contributed by atoms with E-state index in [4.69, 9.17) is 10.9 Å². The lowest BCUT2D eigenvalue weighted by molar-refractivity contribution is 0.598. The molecular formula is C10H15N3O2S. The first-order valence-electron chi connectivity index (χ1n) is 4.66. The molecule has 16 heavy (non-hydrogen) atoms. The molecule has 1 unspecified atom stereocenters. The lowest BCUT2D eigenvalue weighted by Gasteiger charge is -2.13. The Morgan fingerprint density at radius 1 is 1.50 bits per heavy atom. The molecule has 0 radical (unpaired) electrons. The van der Waals surface area contributed by atoms with Crippen LogP contribution < -0.4 is 16.2 Å². The highest BCUT2D eigenvalue weighted by Gasteiger charge is 2.10. The molecule has 5 N–H and O–H groups in total. The van der Waals surface area contributed by atoms with E-state index in [1.165, 1.54) is 18.2 Å². The Morgan fingerprint density at radius 2 is 2.12 bits per heavy atom. The summed E-state index contributed by atoms with van der Waals surface area (Å²) in [5.74, 6) is 0. The Kier molecular flexibility index (Phi) is 3.56. The van der Waals surface area contributed by atoms with Gasteiger partial charge in [0.25, 0.3) is 0 Å². The summed E-state index contributed by atoms with van der Waals surface area (Å²) in [6.45, 7) is 5.48. The van der Waals surface area contributed by atoms with Crippen LogP contribution in [0.4, 0.5) is 11.4 Å². The first-order valence-corrected chi connectivity index (χ1v) is 6.20. The van der Waals surface area contributed by atoms with Crippen LogP contribution >= 0.6 is 0 Å². The van der Waals surface area contributed by atoms with Gasteiger partial charge in [-0.1, -0.05) is 6.08 Å². The summed E-state index contributed by atoms with van der Waals surface area (Å²) in [6.07, 6.45) is 1.68. The van der Waals surface area contributed by atoms with Crippen molar-refractivity contribution in [3.8, 4) is 0 Å². The summed E-state index contributed by atoms with van der Waals surface area (Å²) in [4.78, 5) is 0.0282. The maximum Gasteiger partial charge on any atom is 0.238 e. The number of sulfonamides is 1. The Bertz CT molecular complexity index is 497. The maximum absolute atomic E-state index is 11.1. The molecule has 0 aliphatic carbocycles. The first-order chi connectivity index (χ1) is 7.34. The van der Waals surface area contributed by atoms with Crippen molar-refractivity contribution in [1.29, 1.82) is 0 Å². The number of rotatable bonds is 4. The van der Waals surface area contributed by atoms with Gasteiger partial charge in [-0.05, 0) is 25.1 Å². The van der Waals surface area contributed by atoms with Crippen molar-refractivity contribution < 1.29 is 8.42 Å². The number of hydrogen-bond acceptors (Lipinski definition) is 4. The molecule has 5 nitrogen and oxygen atoms in total. The number of benzene rings is 1. The predicted molar refractivity (Wildman–Crippen MR) is 65.5 cm³/mol. The Balaban J connectivity index is 3.14. The summed E-state index contributed by atoms with van der Waals surface area (Å²) in [5.41, 5.74) is 6.69. The van der Waals surface area contributed by atoms with Crippen molar-refractivity contribution in [1.82, 2.24) is 0 Å². The van der Waals surface area contributed by atoms with Crippen LogP contribution in [0.25, 0.3) is 0 Å². The largest absolute Gasteiger partial charge is 0.397 e. The van der Waals surface area contributed by atoms with Gasteiger partial charge in [0.1, 0.15) is 0 Å². The molecule has 0 aromatic heterocycles. The van der Waals surface area contributed by atoms with Crippen LogP contribution in [-0.2, 0) is 10.0 Å². The zero-order valence-electron chi connectivity index (χ0n) is 8.97. The number of nitrogens with one attached hydrogen (secondary N) is 1. The quantitative estimate of drug-likeness (QED) is 0.539. The molecule has 0 aliphatic heterocycles. The van der Waals surface area contributed by atoms with E-state index in [9.17, 15) is 8.42 Å². The third-order valence-corrected chi connectivity index (χ3v) is 3.00. The Hall–Kier alpha value is -1.53. The summed E-state index contributed by atoms with van der Waals surface area (Å²) >= 11 is 0. The molecule has 88 valence electrons. The highest BCUT2D eigenvalue weighted by Crippen LogP contribution is 2.22. The minimum absolute atomic E-state index is 0.0157. The number of primary sulfonamides is 1. The molecule has 6 heteroatoms. The van der Waals surface area contributed by atoms with E-state index in [0.29, 0.717) is 11.4 Å². The van der Waals surface area contributed by atoms with Crippen molar-refractivity contribution in [3.05, 3.63) is 30.9 Å². The van der Waals surface area contributed by atoms with E-state index in [1.54, 1.807) is 6.08 Å². The summed E-state index contributed by atoms with van der Waals surface area (Å²) in [7, 11) is -3.71. The van der Waals surface area contributed by atoms with Crippen LogP contribution in [0.1, 0.15) is 6.92 Å². The van der Waals surface area contributed by atoms with Gasteiger partial charge in [0.05, 0.1) is 16.3 Å². The van der Waals surface area contributed by atoms with E-state index in [1.807, 2.05) is 6.92 Å². The average molecular weight is 241 g/mol. The number of hydrogen-bond donors (Lipinski definition) is 3. The molecule has 0 spiro atoms. The fourth-order valence-corrected chi connectivity index (χ4v) is 1.68. The van der Waals surface area contributed by atoms with Gasteiger partial charge in [-0.25, -0.2) is 13.6 Å². The van der Waals surface area contributed by atoms with E-state index in [0.717, 1.165) is 0 Å². The van der Waals surface area contributed by atoms with Crippen molar-refractivity contribution in [2.75, 3.05) is 11.1 Å². The number of anilines is 2. The molecule has 0 heterocycles. The number of nitrogen functional groups attached to an aromatic ring is 1. The minimum Gasteiger partial charge on any atom is -0.397 e. The second-order valence-electron chi connectivity index (χ2n) is 3.46. The summed E-state index contributed by atoms with van der Waals surface area (Å²) in [5, 5.41) is 8.03. The average Bonchev–Trinajstić information content (AvgIpc) is 2.19. The summed E-state index contributed by atoms with van der Waals surface area (Å²) < 4.78 is 22.3. The van der Waals surface area contributed by atoms with Crippen molar-refractivity contribution >= 4 is 21.4 Å². The number of nitrogens with two attached hydrogens (primary N) is 2. The molecule has 0 bridgehead atoms. The van der Waals surface area contributed by atoms with Gasteiger partial charge < -0.3 is 11.1 Å². The van der Waals surface area contributed by atoms with Crippen LogP contribution in [0.15, 0.2) is 35.7 Å². The molecule has 1 atom stereocenters. The molecule has 0 fully saturated rings. The zero-order chi connectivity index (χ0) is 12.3. The standard InChI is InChI=1S/C10H15N3O2S/c1-3-7(2)13-10-6-8(16(12,14)15)4-5-9(10)11/h3-7,13H,1,11H2,2H3,(H2,12,14,15). The molecule has 1 aromatic carbocycles. The zero-order valence-corrected chi connectivity index (χ0v) is 9.79. The third kappa shape index (κ3) is 2.98. The highest BCUT2D eigenvalue weighted by atomic mass is 32.2. The van der Waals surface area contributed by atoms with Crippen LogP contribution in [-0.4, -0.2) is 14.5 Å². The first kappa shape index (κ1) is 12.5. The molecule has 0 aliphatic rings. The normalized spacial score (nSPS) is 13.1. The van der Waals surface area contributed by atoms with E-state index in [-0.39, 0.29) is 10.9 Å². The molecule has 0 amide bonds. The van der Waals surface area contributed by atoms with E-state index in [2.05, 4.69) is 11.9 Å².